The normalized spacial score (nSPS) is 10.0. The number of alkyl halides is 1. The molecule has 0 atom stereocenters. The summed E-state index contributed by atoms with van der Waals surface area (Å²) in [7, 11) is 0. The molecule has 2 rings (SSSR count). The maximum Gasteiger partial charge on any atom is 0.119 e. The lowest BCUT2D eigenvalue weighted by atomic mass is 10.1. The minimum absolute atomic E-state index is 0.574. The average molecular weight is 303 g/mol. The minimum Gasteiger partial charge on any atom is -0.494 e. The number of benzene rings is 1. The molecule has 0 N–H and O–H groups in total. The summed E-state index contributed by atoms with van der Waals surface area (Å²) in [5.41, 5.74) is 2.16. The first kappa shape index (κ1) is 15.5. The summed E-state index contributed by atoms with van der Waals surface area (Å²) in [5.74, 6) is 7.64. The number of nitrogens with zero attached hydrogens (tertiary/aromatic N) is 2. The summed E-state index contributed by atoms with van der Waals surface area (Å²) in [6, 6.07) is 6.00. The molecule has 0 fully saturated rings. The molecule has 1 heterocycles. The molecule has 0 aliphatic rings. The van der Waals surface area contributed by atoms with Gasteiger partial charge in [0.15, 0.2) is 0 Å². The SMILES string of the molecule is Cc1cc(OCCCn2ccnc2)ccc1C#CCCCl. The fraction of sp³-hybridized carbons (Fsp3) is 0.353. The largest absolute Gasteiger partial charge is 0.494 e. The molecule has 0 unspecified atom stereocenters. The Balaban J connectivity index is 1.81. The quantitative estimate of drug-likeness (QED) is 0.463. The predicted molar refractivity (Wildman–Crippen MR) is 85.7 cm³/mol. The van der Waals surface area contributed by atoms with Gasteiger partial charge in [-0.2, -0.15) is 0 Å². The number of halogens is 1. The lowest BCUT2D eigenvalue weighted by molar-refractivity contribution is 0.301. The third-order valence-electron chi connectivity index (χ3n) is 3.03. The lowest BCUT2D eigenvalue weighted by Gasteiger charge is -2.08. The van der Waals surface area contributed by atoms with E-state index in [0.717, 1.165) is 29.8 Å². The molecule has 0 bridgehead atoms. The molecule has 0 spiro atoms. The van der Waals surface area contributed by atoms with Crippen LogP contribution in [-0.2, 0) is 6.54 Å². The van der Waals surface area contributed by atoms with Crippen LogP contribution in [0.25, 0.3) is 0 Å². The van der Waals surface area contributed by atoms with E-state index < -0.39 is 0 Å². The first-order valence-corrected chi connectivity index (χ1v) is 7.57. The van der Waals surface area contributed by atoms with E-state index in [2.05, 4.69) is 16.8 Å². The van der Waals surface area contributed by atoms with E-state index in [1.807, 2.05) is 42.2 Å². The first-order chi connectivity index (χ1) is 10.3. The summed E-state index contributed by atoms with van der Waals surface area (Å²) in [4.78, 5) is 4.01. The number of aryl methyl sites for hydroxylation is 2. The highest BCUT2D eigenvalue weighted by molar-refractivity contribution is 6.18. The van der Waals surface area contributed by atoms with Crippen LogP contribution < -0.4 is 4.74 Å². The van der Waals surface area contributed by atoms with Gasteiger partial charge in [-0.25, -0.2) is 4.98 Å². The molecular weight excluding hydrogens is 284 g/mol. The fourth-order valence-electron chi connectivity index (χ4n) is 1.93. The van der Waals surface area contributed by atoms with Crippen LogP contribution in [0.5, 0.6) is 5.75 Å². The van der Waals surface area contributed by atoms with Gasteiger partial charge in [0.1, 0.15) is 5.75 Å². The molecule has 0 saturated heterocycles. The lowest BCUT2D eigenvalue weighted by Crippen LogP contribution is -2.03. The second-order valence-electron chi connectivity index (χ2n) is 4.72. The van der Waals surface area contributed by atoms with Gasteiger partial charge in [0.2, 0.25) is 0 Å². The molecule has 0 amide bonds. The van der Waals surface area contributed by atoms with Crippen molar-refractivity contribution < 1.29 is 4.74 Å². The summed E-state index contributed by atoms with van der Waals surface area (Å²) in [6.45, 7) is 3.65. The van der Waals surface area contributed by atoms with Crippen molar-refractivity contribution in [2.45, 2.75) is 26.3 Å². The zero-order valence-corrected chi connectivity index (χ0v) is 12.9. The molecule has 0 saturated carbocycles. The maximum atomic E-state index is 5.76. The molecule has 1 aromatic carbocycles. The van der Waals surface area contributed by atoms with Crippen LogP contribution in [0.1, 0.15) is 24.0 Å². The highest BCUT2D eigenvalue weighted by Crippen LogP contribution is 2.17. The number of hydrogen-bond acceptors (Lipinski definition) is 2. The van der Waals surface area contributed by atoms with Gasteiger partial charge in [-0.1, -0.05) is 11.8 Å². The Labute approximate surface area is 130 Å². The van der Waals surface area contributed by atoms with E-state index in [1.165, 1.54) is 0 Å². The molecule has 0 radical (unpaired) electrons. The topological polar surface area (TPSA) is 27.1 Å². The van der Waals surface area contributed by atoms with E-state index in [-0.39, 0.29) is 0 Å². The van der Waals surface area contributed by atoms with E-state index in [0.29, 0.717) is 18.9 Å². The Hall–Kier alpha value is -1.92. The van der Waals surface area contributed by atoms with Crippen molar-refractivity contribution in [2.24, 2.45) is 0 Å². The van der Waals surface area contributed by atoms with Crippen molar-refractivity contribution in [3.05, 3.63) is 48.0 Å². The minimum atomic E-state index is 0.574. The molecule has 3 nitrogen and oxygen atoms in total. The number of ether oxygens (including phenoxy) is 1. The van der Waals surface area contributed by atoms with Crippen LogP contribution in [-0.4, -0.2) is 22.0 Å². The average Bonchev–Trinajstić information content (AvgIpc) is 2.99. The van der Waals surface area contributed by atoms with Gasteiger partial charge in [-0.15, -0.1) is 11.6 Å². The molecule has 0 aliphatic carbocycles. The van der Waals surface area contributed by atoms with Gasteiger partial charge in [-0.05, 0) is 37.1 Å². The third-order valence-corrected chi connectivity index (χ3v) is 3.22. The Morgan fingerprint density at radius 3 is 3.00 bits per heavy atom. The molecule has 2 aromatic rings. The molecular formula is C17H19ClN2O. The van der Waals surface area contributed by atoms with Crippen molar-refractivity contribution in [3.8, 4) is 17.6 Å². The fourth-order valence-corrected chi connectivity index (χ4v) is 2.02. The zero-order chi connectivity index (χ0) is 14.9. The predicted octanol–water partition coefficient (Wildman–Crippen LogP) is 3.64. The summed E-state index contributed by atoms with van der Waals surface area (Å²) >= 11 is 5.61. The third kappa shape index (κ3) is 5.17. The van der Waals surface area contributed by atoms with Crippen molar-refractivity contribution >= 4 is 11.6 Å². The van der Waals surface area contributed by atoms with Crippen LogP contribution in [0.2, 0.25) is 0 Å². The van der Waals surface area contributed by atoms with Crippen LogP contribution in [0.3, 0.4) is 0 Å². The van der Waals surface area contributed by atoms with Crippen LogP contribution in [0, 0.1) is 18.8 Å². The summed E-state index contributed by atoms with van der Waals surface area (Å²) in [6.07, 6.45) is 7.23. The van der Waals surface area contributed by atoms with Gasteiger partial charge < -0.3 is 9.30 Å². The van der Waals surface area contributed by atoms with Gasteiger partial charge in [0.05, 0.1) is 12.9 Å². The standard InChI is InChI=1S/C17H19ClN2O/c1-15-13-17(7-6-16(15)5-2-3-8-18)21-12-4-10-20-11-9-19-14-20/h6-7,9,11,13-14H,3-4,8,10,12H2,1H3. The molecule has 4 heteroatoms. The van der Waals surface area contributed by atoms with Crippen molar-refractivity contribution in [1.82, 2.24) is 9.55 Å². The Morgan fingerprint density at radius 1 is 1.38 bits per heavy atom. The first-order valence-electron chi connectivity index (χ1n) is 7.03. The van der Waals surface area contributed by atoms with Crippen molar-refractivity contribution in [3.63, 3.8) is 0 Å². The van der Waals surface area contributed by atoms with Crippen LogP contribution >= 0.6 is 11.6 Å². The van der Waals surface area contributed by atoms with Crippen molar-refractivity contribution in [2.75, 3.05) is 12.5 Å². The van der Waals surface area contributed by atoms with E-state index in [1.54, 1.807) is 6.20 Å². The van der Waals surface area contributed by atoms with Crippen LogP contribution in [0.4, 0.5) is 0 Å². The summed E-state index contributed by atoms with van der Waals surface area (Å²) < 4.78 is 7.81. The second kappa shape index (κ2) is 8.39. The maximum absolute atomic E-state index is 5.76. The van der Waals surface area contributed by atoms with Gasteiger partial charge >= 0.3 is 0 Å². The van der Waals surface area contributed by atoms with Crippen molar-refractivity contribution in [1.29, 1.82) is 0 Å². The number of hydrogen-bond donors (Lipinski definition) is 0. The Morgan fingerprint density at radius 2 is 2.29 bits per heavy atom. The van der Waals surface area contributed by atoms with E-state index in [4.69, 9.17) is 16.3 Å². The zero-order valence-electron chi connectivity index (χ0n) is 12.2. The molecule has 1 aromatic heterocycles. The molecule has 21 heavy (non-hydrogen) atoms. The Bertz CT molecular complexity index is 611. The van der Waals surface area contributed by atoms with Gasteiger partial charge in [-0.3, -0.25) is 0 Å². The van der Waals surface area contributed by atoms with E-state index >= 15 is 0 Å². The summed E-state index contributed by atoms with van der Waals surface area (Å²) in [5, 5.41) is 0. The Kier molecular flexibility index (Phi) is 6.18. The number of aromatic nitrogens is 2. The van der Waals surface area contributed by atoms with Gasteiger partial charge in [0, 0.05) is 36.8 Å². The van der Waals surface area contributed by atoms with Crippen LogP contribution in [0.15, 0.2) is 36.9 Å². The highest BCUT2D eigenvalue weighted by atomic mass is 35.5. The monoisotopic (exact) mass is 302 g/mol. The molecule has 110 valence electrons. The van der Waals surface area contributed by atoms with E-state index in [9.17, 15) is 0 Å². The highest BCUT2D eigenvalue weighted by Gasteiger charge is 1.99. The second-order valence-corrected chi connectivity index (χ2v) is 5.10. The smallest absolute Gasteiger partial charge is 0.119 e. The number of rotatable bonds is 6. The van der Waals surface area contributed by atoms with Gasteiger partial charge in [0.25, 0.3) is 0 Å². The number of imidazole rings is 1. The molecule has 0 aliphatic heterocycles.